The third kappa shape index (κ3) is 10.5. The summed E-state index contributed by atoms with van der Waals surface area (Å²) in [5.74, 6) is -4.40. The average Bonchev–Trinajstić information content (AvgIpc) is 2.97. The molecule has 15 nitrogen and oxygen atoms in total. The summed E-state index contributed by atoms with van der Waals surface area (Å²) in [6, 6.07) is 2.09. The van der Waals surface area contributed by atoms with E-state index in [4.69, 9.17) is 15.2 Å². The number of nitrogens with two attached hydrogens (primary N) is 1. The summed E-state index contributed by atoms with van der Waals surface area (Å²) in [4.78, 5) is 80.0. The van der Waals surface area contributed by atoms with E-state index in [1.807, 2.05) is 0 Å². The molecule has 0 radical (unpaired) electrons. The third-order valence-electron chi connectivity index (χ3n) is 7.16. The summed E-state index contributed by atoms with van der Waals surface area (Å²) in [5.41, 5.74) is 5.46. The minimum absolute atomic E-state index is 0.00933. The van der Waals surface area contributed by atoms with Crippen LogP contribution in [0.1, 0.15) is 44.0 Å². The van der Waals surface area contributed by atoms with Gasteiger partial charge in [-0.2, -0.15) is 0 Å². The van der Waals surface area contributed by atoms with Crippen LogP contribution >= 0.6 is 0 Å². The van der Waals surface area contributed by atoms with Crippen molar-refractivity contribution in [3.05, 3.63) is 29.8 Å². The number of carbonyl (C=O) groups is 6. The fourth-order valence-electron chi connectivity index (χ4n) is 4.74. The van der Waals surface area contributed by atoms with Gasteiger partial charge in [-0.1, -0.05) is 26.0 Å². The van der Waals surface area contributed by atoms with Crippen LogP contribution in [0.2, 0.25) is 0 Å². The molecule has 2 aliphatic rings. The maximum Gasteiger partial charge on any atom is 0.255 e. The van der Waals surface area contributed by atoms with Gasteiger partial charge in [0, 0.05) is 26.2 Å². The number of hydrogen-bond acceptors (Lipinski definition) is 9. The van der Waals surface area contributed by atoms with Crippen LogP contribution in [-0.4, -0.2) is 111 Å². The van der Waals surface area contributed by atoms with Gasteiger partial charge in [0.15, 0.2) is 0 Å². The molecule has 7 N–H and O–H groups in total. The van der Waals surface area contributed by atoms with E-state index >= 15 is 0 Å². The summed E-state index contributed by atoms with van der Waals surface area (Å²) in [5, 5.41) is 13.2. The first-order valence-electron chi connectivity index (χ1n) is 14.7. The van der Waals surface area contributed by atoms with Gasteiger partial charge in [-0.05, 0) is 25.0 Å². The Morgan fingerprint density at radius 1 is 1.02 bits per heavy atom. The fourth-order valence-corrected chi connectivity index (χ4v) is 4.74. The fraction of sp³-hybridized carbons (Fsp3) is 0.586. The number of nitrogens with zero attached hydrogens (tertiary/aromatic N) is 1. The van der Waals surface area contributed by atoms with Crippen LogP contribution in [0.3, 0.4) is 0 Å². The number of para-hydroxylation sites is 1. The van der Waals surface area contributed by atoms with E-state index < -0.39 is 72.5 Å². The third-order valence-corrected chi connectivity index (χ3v) is 7.16. The summed E-state index contributed by atoms with van der Waals surface area (Å²) < 4.78 is 11.2. The number of carbonyl (C=O) groups excluding carboxylic acids is 6. The van der Waals surface area contributed by atoms with Gasteiger partial charge in [0.2, 0.25) is 29.5 Å². The summed E-state index contributed by atoms with van der Waals surface area (Å²) >= 11 is 0. The van der Waals surface area contributed by atoms with E-state index in [-0.39, 0.29) is 30.4 Å². The lowest BCUT2D eigenvalue weighted by molar-refractivity contribution is -0.135. The highest BCUT2D eigenvalue weighted by atomic mass is 16.5. The van der Waals surface area contributed by atoms with E-state index in [2.05, 4.69) is 31.5 Å². The summed E-state index contributed by atoms with van der Waals surface area (Å²) in [7, 11) is 0. The normalized spacial score (nSPS) is 24.5. The lowest BCUT2D eigenvalue weighted by Gasteiger charge is -2.27. The van der Waals surface area contributed by atoms with Crippen LogP contribution < -0.4 is 37.1 Å². The van der Waals surface area contributed by atoms with Crippen molar-refractivity contribution >= 4 is 35.4 Å². The van der Waals surface area contributed by atoms with Crippen molar-refractivity contribution in [2.24, 2.45) is 11.7 Å². The van der Waals surface area contributed by atoms with Gasteiger partial charge >= 0.3 is 0 Å². The van der Waals surface area contributed by atoms with E-state index in [0.29, 0.717) is 19.8 Å². The number of amides is 6. The van der Waals surface area contributed by atoms with Crippen LogP contribution in [0.5, 0.6) is 5.75 Å². The molecule has 1 aromatic rings. The number of benzene rings is 1. The van der Waals surface area contributed by atoms with Crippen molar-refractivity contribution in [2.45, 2.75) is 57.8 Å². The molecule has 1 saturated heterocycles. The van der Waals surface area contributed by atoms with Gasteiger partial charge in [-0.3, -0.25) is 33.7 Å². The molecular weight excluding hydrogens is 574 g/mol. The maximum absolute atomic E-state index is 13.4. The van der Waals surface area contributed by atoms with E-state index in [0.717, 1.165) is 13.1 Å². The lowest BCUT2D eigenvalue weighted by Crippen LogP contribution is -2.58. The predicted molar refractivity (Wildman–Crippen MR) is 158 cm³/mol. The molecule has 44 heavy (non-hydrogen) atoms. The number of morpholine rings is 1. The van der Waals surface area contributed by atoms with Gasteiger partial charge in [-0.15, -0.1) is 0 Å². The van der Waals surface area contributed by atoms with E-state index in [1.54, 1.807) is 39.0 Å². The molecule has 6 amide bonds. The Morgan fingerprint density at radius 2 is 1.73 bits per heavy atom. The van der Waals surface area contributed by atoms with Crippen molar-refractivity contribution in [1.82, 2.24) is 31.5 Å². The highest BCUT2D eigenvalue weighted by Crippen LogP contribution is 2.19. The molecule has 2 heterocycles. The molecule has 0 aliphatic carbocycles. The second kappa shape index (κ2) is 16.6. The maximum atomic E-state index is 13.4. The van der Waals surface area contributed by atoms with Crippen molar-refractivity contribution in [1.29, 1.82) is 0 Å². The molecule has 3 rings (SSSR count). The second-order valence-corrected chi connectivity index (χ2v) is 11.2. The number of ether oxygens (including phenoxy) is 2. The summed E-state index contributed by atoms with van der Waals surface area (Å²) in [6.07, 6.45) is -1.10. The number of primary amides is 1. The van der Waals surface area contributed by atoms with Crippen molar-refractivity contribution in [3.8, 4) is 5.75 Å². The molecule has 4 atom stereocenters. The number of fused-ring (bicyclic) bond motifs is 1. The smallest absolute Gasteiger partial charge is 0.255 e. The van der Waals surface area contributed by atoms with Gasteiger partial charge < -0.3 is 41.8 Å². The number of hydrogen-bond donors (Lipinski definition) is 6. The Hall–Kier alpha value is -4.24. The number of rotatable bonds is 7. The quantitative estimate of drug-likeness (QED) is 0.200. The summed E-state index contributed by atoms with van der Waals surface area (Å²) in [6.45, 7) is 8.57. The molecule has 2 aliphatic heterocycles. The van der Waals surface area contributed by atoms with Gasteiger partial charge in [0.1, 0.15) is 30.5 Å². The lowest BCUT2D eigenvalue weighted by atomic mass is 10.0. The minimum Gasteiger partial charge on any atom is -0.491 e. The van der Waals surface area contributed by atoms with Crippen LogP contribution in [0, 0.1) is 5.92 Å². The van der Waals surface area contributed by atoms with Crippen molar-refractivity contribution in [3.63, 3.8) is 0 Å². The zero-order valence-corrected chi connectivity index (χ0v) is 25.4. The van der Waals surface area contributed by atoms with Crippen molar-refractivity contribution < 1.29 is 38.2 Å². The topological polar surface area (TPSA) is 210 Å². The van der Waals surface area contributed by atoms with Crippen LogP contribution in [0.4, 0.5) is 0 Å². The first-order chi connectivity index (χ1) is 20.9. The molecule has 0 saturated carbocycles. The first-order valence-corrected chi connectivity index (χ1v) is 14.7. The van der Waals surface area contributed by atoms with Gasteiger partial charge in [0.25, 0.3) is 5.91 Å². The Morgan fingerprint density at radius 3 is 2.41 bits per heavy atom. The van der Waals surface area contributed by atoms with E-state index in [9.17, 15) is 28.8 Å². The molecule has 0 bridgehead atoms. The molecule has 1 aromatic carbocycles. The van der Waals surface area contributed by atoms with E-state index in [1.165, 1.54) is 6.07 Å². The predicted octanol–water partition coefficient (Wildman–Crippen LogP) is -1.98. The van der Waals surface area contributed by atoms with Crippen LogP contribution in [0.25, 0.3) is 0 Å². The van der Waals surface area contributed by atoms with Gasteiger partial charge in [0.05, 0.1) is 37.7 Å². The molecule has 15 heteroatoms. The minimum atomic E-state index is -1.42. The molecule has 0 aromatic heterocycles. The Labute approximate surface area is 256 Å². The largest absolute Gasteiger partial charge is 0.491 e. The average molecular weight is 618 g/mol. The Balaban J connectivity index is 1.88. The van der Waals surface area contributed by atoms with Crippen molar-refractivity contribution in [2.75, 3.05) is 46.0 Å². The SMILES string of the molecule is CC(C)[C@H]1NC(=O)[C@H](CC(N)=O)NC(=O)C[C@@H](C(=O)NCCN2CCOCC2)NC(=O)c2ccccc2OC[C@H](C)NC1=O. The van der Waals surface area contributed by atoms with Crippen LogP contribution in [-0.2, 0) is 28.7 Å². The molecule has 1 fully saturated rings. The molecule has 0 unspecified atom stereocenters. The Kier molecular flexibility index (Phi) is 12.9. The zero-order valence-electron chi connectivity index (χ0n) is 25.4. The van der Waals surface area contributed by atoms with Crippen LogP contribution in [0.15, 0.2) is 24.3 Å². The monoisotopic (exact) mass is 617 g/mol. The molecule has 0 spiro atoms. The zero-order chi connectivity index (χ0) is 32.2. The molecular formula is C29H43N7O8. The highest BCUT2D eigenvalue weighted by molar-refractivity contribution is 6.01. The standard InChI is InChI=1S/C29H43N7O8/c1-17(2)25-29(42)32-18(3)16-44-22-7-5-4-6-19(22)26(39)34-21(27(40)31-8-9-36-10-12-43-13-11-36)15-24(38)33-20(14-23(30)37)28(41)35-25/h4-7,17-18,20-21,25H,8-16H2,1-3H3,(H2,30,37)(H,31,40)(H,32,42)(H,33,38)(H,34,39)(H,35,41)/t18-,20-,21-,25+/m0/s1. The number of nitrogens with one attached hydrogen (secondary N) is 5. The highest BCUT2D eigenvalue weighted by Gasteiger charge is 2.32. The first kappa shape index (κ1) is 34.3. The Bertz CT molecular complexity index is 1200. The second-order valence-electron chi connectivity index (χ2n) is 11.2. The molecule has 242 valence electrons. The van der Waals surface area contributed by atoms with Gasteiger partial charge in [-0.25, -0.2) is 0 Å².